The van der Waals surface area contributed by atoms with Gasteiger partial charge in [0.2, 0.25) is 11.7 Å². The van der Waals surface area contributed by atoms with E-state index in [2.05, 4.69) is 20.0 Å². The number of ether oxygens (including phenoxy) is 2. The van der Waals surface area contributed by atoms with Crippen molar-refractivity contribution in [1.29, 1.82) is 0 Å². The Labute approximate surface area is 167 Å². The highest BCUT2D eigenvalue weighted by atomic mass is 35.5. The molecular formula is C16H18Cl2N4O4S. The zero-order valence-corrected chi connectivity index (χ0v) is 16.7. The predicted molar refractivity (Wildman–Crippen MR) is 102 cm³/mol. The summed E-state index contributed by atoms with van der Waals surface area (Å²) in [5.41, 5.74) is 0. The van der Waals surface area contributed by atoms with E-state index >= 15 is 0 Å². The molecule has 1 aliphatic heterocycles. The molecule has 0 aliphatic carbocycles. The van der Waals surface area contributed by atoms with Gasteiger partial charge < -0.3 is 14.8 Å². The van der Waals surface area contributed by atoms with Crippen molar-refractivity contribution in [3.8, 4) is 11.8 Å². The van der Waals surface area contributed by atoms with Crippen molar-refractivity contribution < 1.29 is 17.9 Å². The fourth-order valence-electron chi connectivity index (χ4n) is 2.60. The molecule has 146 valence electrons. The van der Waals surface area contributed by atoms with Crippen LogP contribution < -0.4 is 19.5 Å². The molecule has 1 fully saturated rings. The number of benzene rings is 1. The van der Waals surface area contributed by atoms with Crippen molar-refractivity contribution in [1.82, 2.24) is 15.3 Å². The molecule has 1 aromatic carbocycles. The Balaban J connectivity index is 1.78. The fourth-order valence-corrected chi connectivity index (χ4v) is 4.37. The maximum absolute atomic E-state index is 12.6. The molecule has 0 radical (unpaired) electrons. The van der Waals surface area contributed by atoms with Crippen LogP contribution in [0.25, 0.3) is 0 Å². The lowest BCUT2D eigenvalue weighted by molar-refractivity contribution is 0.262. The number of sulfonamides is 1. The van der Waals surface area contributed by atoms with Crippen LogP contribution in [0, 0.1) is 0 Å². The van der Waals surface area contributed by atoms with E-state index in [0.29, 0.717) is 6.61 Å². The third-order valence-electron chi connectivity index (χ3n) is 3.94. The van der Waals surface area contributed by atoms with Gasteiger partial charge in [0.25, 0.3) is 15.9 Å². The summed E-state index contributed by atoms with van der Waals surface area (Å²) in [5, 5.41) is 3.35. The molecule has 1 atom stereocenters. The summed E-state index contributed by atoms with van der Waals surface area (Å²) in [4.78, 5) is 8.03. The SMILES string of the molecule is COc1nc(OCC2CCCN2)cnc1NS(=O)(=O)c1cccc(Cl)c1Cl. The molecule has 1 unspecified atom stereocenters. The van der Waals surface area contributed by atoms with E-state index in [4.69, 9.17) is 32.7 Å². The van der Waals surface area contributed by atoms with Crippen LogP contribution in [0.4, 0.5) is 5.82 Å². The van der Waals surface area contributed by atoms with Crippen molar-refractivity contribution in [2.45, 2.75) is 23.8 Å². The molecule has 1 aliphatic rings. The van der Waals surface area contributed by atoms with E-state index in [1.54, 1.807) is 0 Å². The highest BCUT2D eigenvalue weighted by molar-refractivity contribution is 7.92. The average molecular weight is 433 g/mol. The van der Waals surface area contributed by atoms with Gasteiger partial charge in [0, 0.05) is 6.04 Å². The summed E-state index contributed by atoms with van der Waals surface area (Å²) in [5.74, 6) is 0.137. The lowest BCUT2D eigenvalue weighted by atomic mass is 10.2. The molecule has 3 rings (SSSR count). The van der Waals surface area contributed by atoms with E-state index in [9.17, 15) is 8.42 Å². The Morgan fingerprint density at radius 2 is 2.19 bits per heavy atom. The zero-order chi connectivity index (χ0) is 19.4. The highest BCUT2D eigenvalue weighted by Gasteiger charge is 2.23. The second-order valence-corrected chi connectivity index (χ2v) is 8.26. The Morgan fingerprint density at radius 1 is 1.37 bits per heavy atom. The number of hydrogen-bond acceptors (Lipinski definition) is 7. The van der Waals surface area contributed by atoms with Crippen molar-refractivity contribution in [3.63, 3.8) is 0 Å². The van der Waals surface area contributed by atoms with Crippen molar-refractivity contribution in [2.75, 3.05) is 25.0 Å². The normalized spacial score (nSPS) is 16.9. The van der Waals surface area contributed by atoms with Crippen LogP contribution in [0.2, 0.25) is 10.0 Å². The highest BCUT2D eigenvalue weighted by Crippen LogP contribution is 2.31. The molecular weight excluding hydrogens is 415 g/mol. The first-order valence-electron chi connectivity index (χ1n) is 8.15. The van der Waals surface area contributed by atoms with E-state index in [1.807, 2.05) is 0 Å². The summed E-state index contributed by atoms with van der Waals surface area (Å²) in [6, 6.07) is 4.58. The van der Waals surface area contributed by atoms with Crippen LogP contribution in [-0.4, -0.2) is 44.7 Å². The summed E-state index contributed by atoms with van der Waals surface area (Å²) < 4.78 is 38.3. The number of hydrogen-bond donors (Lipinski definition) is 2. The van der Waals surface area contributed by atoms with Gasteiger partial charge in [0.1, 0.15) is 11.5 Å². The van der Waals surface area contributed by atoms with E-state index in [1.165, 1.54) is 31.5 Å². The zero-order valence-electron chi connectivity index (χ0n) is 14.4. The number of anilines is 1. The number of halogens is 2. The monoisotopic (exact) mass is 432 g/mol. The maximum atomic E-state index is 12.6. The molecule has 2 heterocycles. The van der Waals surface area contributed by atoms with Crippen molar-refractivity contribution in [3.05, 3.63) is 34.4 Å². The molecule has 1 saturated heterocycles. The summed E-state index contributed by atoms with van der Waals surface area (Å²) >= 11 is 11.9. The minimum atomic E-state index is -4.04. The first kappa shape index (κ1) is 19.9. The fraction of sp³-hybridized carbons (Fsp3) is 0.375. The minimum absolute atomic E-state index is 0.0198. The van der Waals surface area contributed by atoms with Gasteiger partial charge in [-0.15, -0.1) is 0 Å². The molecule has 8 nitrogen and oxygen atoms in total. The third-order valence-corrected chi connectivity index (χ3v) is 6.26. The first-order valence-corrected chi connectivity index (χ1v) is 10.4. The van der Waals surface area contributed by atoms with Crippen LogP contribution in [0.15, 0.2) is 29.3 Å². The molecule has 1 aromatic heterocycles. The van der Waals surface area contributed by atoms with E-state index < -0.39 is 10.0 Å². The molecule has 11 heteroatoms. The number of nitrogens with zero attached hydrogens (tertiary/aromatic N) is 2. The minimum Gasteiger partial charge on any atom is -0.478 e. The molecule has 0 spiro atoms. The topological polar surface area (TPSA) is 102 Å². The Morgan fingerprint density at radius 3 is 2.89 bits per heavy atom. The summed E-state index contributed by atoms with van der Waals surface area (Å²) in [7, 11) is -2.68. The summed E-state index contributed by atoms with van der Waals surface area (Å²) in [6.07, 6.45) is 3.47. The van der Waals surface area contributed by atoms with Crippen molar-refractivity contribution in [2.24, 2.45) is 0 Å². The standard InChI is InChI=1S/C16H18Cl2N4O4S/c1-25-16-15(20-8-13(21-16)26-9-10-4-3-7-19-10)22-27(23,24)12-6-2-5-11(17)14(12)18/h2,5-6,8,10,19H,3-4,7,9H2,1H3,(H,20,22). The van der Waals surface area contributed by atoms with Crippen molar-refractivity contribution >= 4 is 39.0 Å². The largest absolute Gasteiger partial charge is 0.478 e. The number of nitrogens with one attached hydrogen (secondary N) is 2. The predicted octanol–water partition coefficient (Wildman–Crippen LogP) is 2.72. The van der Waals surface area contributed by atoms with E-state index in [0.717, 1.165) is 19.4 Å². The van der Waals surface area contributed by atoms with Crippen LogP contribution in [0.5, 0.6) is 11.8 Å². The molecule has 27 heavy (non-hydrogen) atoms. The average Bonchev–Trinajstić information content (AvgIpc) is 3.16. The molecule has 2 aromatic rings. The van der Waals surface area contributed by atoms with Crippen LogP contribution >= 0.6 is 23.2 Å². The molecule has 0 saturated carbocycles. The van der Waals surface area contributed by atoms with Crippen LogP contribution in [0.1, 0.15) is 12.8 Å². The number of aromatic nitrogens is 2. The van der Waals surface area contributed by atoms with Crippen LogP contribution in [-0.2, 0) is 10.0 Å². The second kappa shape index (κ2) is 8.47. The summed E-state index contributed by atoms with van der Waals surface area (Å²) in [6.45, 7) is 1.41. The van der Waals surface area contributed by atoms with Gasteiger partial charge in [-0.1, -0.05) is 29.3 Å². The Hall–Kier alpha value is -1.81. The lowest BCUT2D eigenvalue weighted by Crippen LogP contribution is -2.28. The lowest BCUT2D eigenvalue weighted by Gasteiger charge is -2.14. The van der Waals surface area contributed by atoms with Gasteiger partial charge in [-0.25, -0.2) is 13.4 Å². The van der Waals surface area contributed by atoms with Gasteiger partial charge in [0.05, 0.1) is 23.4 Å². The molecule has 2 N–H and O–H groups in total. The van der Waals surface area contributed by atoms with Gasteiger partial charge in [-0.2, -0.15) is 4.98 Å². The second-order valence-electron chi connectivity index (χ2n) is 5.83. The maximum Gasteiger partial charge on any atom is 0.264 e. The van der Waals surface area contributed by atoms with Gasteiger partial charge >= 0.3 is 0 Å². The molecule has 0 amide bonds. The quantitative estimate of drug-likeness (QED) is 0.692. The van der Waals surface area contributed by atoms with Gasteiger partial charge in [-0.3, -0.25) is 4.72 Å². The molecule has 0 bridgehead atoms. The van der Waals surface area contributed by atoms with Crippen LogP contribution in [0.3, 0.4) is 0 Å². The number of rotatable bonds is 7. The third kappa shape index (κ3) is 4.73. The first-order chi connectivity index (χ1) is 12.9. The van der Waals surface area contributed by atoms with E-state index in [-0.39, 0.29) is 38.6 Å². The van der Waals surface area contributed by atoms with Gasteiger partial charge in [0.15, 0.2) is 0 Å². The Bertz CT molecular complexity index is 921. The number of methoxy groups -OCH3 is 1. The smallest absolute Gasteiger partial charge is 0.264 e. The van der Waals surface area contributed by atoms with Gasteiger partial charge in [-0.05, 0) is 31.5 Å². The Kier molecular flexibility index (Phi) is 6.25.